The first-order chi connectivity index (χ1) is 11.8. The molecule has 0 aliphatic rings. The minimum Gasteiger partial charge on any atom is -0.495 e. The Balaban J connectivity index is 2.40. The third kappa shape index (κ3) is 4.61. The number of benzene rings is 2. The second kappa shape index (κ2) is 7.86. The van der Waals surface area contributed by atoms with Crippen LogP contribution in [0.1, 0.15) is 0 Å². The summed E-state index contributed by atoms with van der Waals surface area (Å²) in [4.78, 5) is 10.6. The zero-order valence-electron chi connectivity index (χ0n) is 13.7. The molecule has 2 aromatic rings. The van der Waals surface area contributed by atoms with Gasteiger partial charge in [0.1, 0.15) is 17.2 Å². The van der Waals surface area contributed by atoms with Crippen LogP contribution in [0.25, 0.3) is 0 Å². The van der Waals surface area contributed by atoms with Crippen LogP contribution in [-0.4, -0.2) is 44.5 Å². The number of aliphatic carboxylic acids is 1. The van der Waals surface area contributed by atoms with Gasteiger partial charge in [-0.25, -0.2) is 8.42 Å². The van der Waals surface area contributed by atoms with Crippen molar-refractivity contribution in [3.05, 3.63) is 48.5 Å². The second-order valence-corrected chi connectivity index (χ2v) is 7.04. The first kappa shape index (κ1) is 18.6. The number of hydrogen-bond acceptors (Lipinski definition) is 6. The molecule has 132 valence electrons. The average Bonchev–Trinajstić information content (AvgIpc) is 2.60. The number of rotatable bonds is 7. The fourth-order valence-corrected chi connectivity index (χ4v) is 3.27. The number of azo groups is 1. The molecule has 0 fully saturated rings. The van der Waals surface area contributed by atoms with Gasteiger partial charge < -0.3 is 9.84 Å². The lowest BCUT2D eigenvalue weighted by molar-refractivity contribution is -0.137. The van der Waals surface area contributed by atoms with Crippen molar-refractivity contribution in [3.63, 3.8) is 0 Å². The molecule has 0 radical (unpaired) electrons. The van der Waals surface area contributed by atoms with E-state index in [-0.39, 0.29) is 10.6 Å². The Morgan fingerprint density at radius 1 is 1.12 bits per heavy atom. The first-order valence-electron chi connectivity index (χ1n) is 7.17. The van der Waals surface area contributed by atoms with Crippen LogP contribution in [0.3, 0.4) is 0 Å². The molecular weight excluding hydrogens is 346 g/mol. The van der Waals surface area contributed by atoms with Gasteiger partial charge in [-0.15, -0.1) is 0 Å². The summed E-state index contributed by atoms with van der Waals surface area (Å²) in [6, 6.07) is 13.3. The summed E-state index contributed by atoms with van der Waals surface area (Å²) in [7, 11) is -1.54. The Morgan fingerprint density at radius 3 is 2.36 bits per heavy atom. The number of carboxylic acid groups (broad SMARTS) is 1. The molecule has 9 heteroatoms. The maximum absolute atomic E-state index is 12.6. The van der Waals surface area contributed by atoms with Gasteiger partial charge in [-0.2, -0.15) is 14.5 Å². The zero-order valence-corrected chi connectivity index (χ0v) is 14.5. The van der Waals surface area contributed by atoms with Crippen LogP contribution in [0.15, 0.2) is 63.7 Å². The molecule has 1 N–H and O–H groups in total. The molecule has 0 saturated carbocycles. The second-order valence-electron chi connectivity index (χ2n) is 5.03. The number of nitrogens with zero attached hydrogens (tertiary/aromatic N) is 3. The van der Waals surface area contributed by atoms with Crippen molar-refractivity contribution in [2.75, 3.05) is 20.7 Å². The summed E-state index contributed by atoms with van der Waals surface area (Å²) in [6.45, 7) is -0.665. The molecule has 0 aromatic heterocycles. The van der Waals surface area contributed by atoms with Crippen molar-refractivity contribution < 1.29 is 23.1 Å². The highest BCUT2D eigenvalue weighted by Gasteiger charge is 2.26. The van der Waals surface area contributed by atoms with Crippen molar-refractivity contribution in [1.82, 2.24) is 4.31 Å². The summed E-state index contributed by atoms with van der Waals surface area (Å²) in [5, 5.41) is 16.9. The van der Waals surface area contributed by atoms with Crippen LogP contribution in [-0.2, 0) is 14.8 Å². The lowest BCUT2D eigenvalue weighted by atomic mass is 10.3. The van der Waals surface area contributed by atoms with E-state index in [0.29, 0.717) is 11.4 Å². The lowest BCUT2D eigenvalue weighted by Crippen LogP contribution is -2.32. The van der Waals surface area contributed by atoms with Crippen LogP contribution in [0.5, 0.6) is 5.75 Å². The Hall–Kier alpha value is -2.78. The minimum atomic E-state index is -4.06. The molecule has 0 amide bonds. The number of likely N-dealkylation sites (N-methyl/N-ethyl adjacent to an activating group) is 1. The number of carbonyl (C=O) groups is 1. The molecule has 0 aliphatic heterocycles. The molecule has 0 spiro atoms. The van der Waals surface area contributed by atoms with Gasteiger partial charge in [-0.3, -0.25) is 4.79 Å². The molecule has 0 unspecified atom stereocenters. The van der Waals surface area contributed by atoms with Gasteiger partial charge in [-0.05, 0) is 30.3 Å². The SMILES string of the molecule is COc1ccc(N=Nc2ccccc2)cc1S(=O)(=O)N(C)CC(=O)O. The Bertz CT molecular complexity index is 882. The van der Waals surface area contributed by atoms with Crippen LogP contribution in [0.4, 0.5) is 11.4 Å². The molecule has 8 nitrogen and oxygen atoms in total. The van der Waals surface area contributed by atoms with Gasteiger partial charge in [-0.1, -0.05) is 18.2 Å². The van der Waals surface area contributed by atoms with Gasteiger partial charge in [0.2, 0.25) is 10.0 Å². The number of sulfonamides is 1. The predicted octanol–water partition coefficient (Wildman–Crippen LogP) is 2.82. The normalized spacial score (nSPS) is 11.8. The number of carboxylic acids is 1. The van der Waals surface area contributed by atoms with E-state index in [1.807, 2.05) is 6.07 Å². The lowest BCUT2D eigenvalue weighted by Gasteiger charge is -2.17. The van der Waals surface area contributed by atoms with Gasteiger partial charge in [0.15, 0.2) is 0 Å². The first-order valence-corrected chi connectivity index (χ1v) is 8.61. The van der Waals surface area contributed by atoms with E-state index in [9.17, 15) is 13.2 Å². The Morgan fingerprint density at radius 2 is 1.76 bits per heavy atom. The summed E-state index contributed by atoms with van der Waals surface area (Å²) >= 11 is 0. The summed E-state index contributed by atoms with van der Waals surface area (Å²) in [5.74, 6) is -1.17. The Kier molecular flexibility index (Phi) is 5.84. The maximum atomic E-state index is 12.6. The molecular formula is C16H17N3O5S. The average molecular weight is 363 g/mol. The summed E-state index contributed by atoms with van der Waals surface area (Å²) in [6.07, 6.45) is 0. The van der Waals surface area contributed by atoms with E-state index < -0.39 is 22.5 Å². The third-order valence-corrected chi connectivity index (χ3v) is 5.06. The van der Waals surface area contributed by atoms with Crippen molar-refractivity contribution >= 4 is 27.4 Å². The fraction of sp³-hybridized carbons (Fsp3) is 0.188. The predicted molar refractivity (Wildman–Crippen MR) is 91.1 cm³/mol. The summed E-state index contributed by atoms with van der Waals surface area (Å²) < 4.78 is 31.0. The van der Waals surface area contributed by atoms with Crippen LogP contribution in [0.2, 0.25) is 0 Å². The topological polar surface area (TPSA) is 109 Å². The molecule has 0 heterocycles. The number of hydrogen-bond donors (Lipinski definition) is 1. The molecule has 0 saturated heterocycles. The van der Waals surface area contributed by atoms with Crippen molar-refractivity contribution in [3.8, 4) is 5.75 Å². The van der Waals surface area contributed by atoms with Gasteiger partial charge in [0, 0.05) is 7.05 Å². The largest absolute Gasteiger partial charge is 0.495 e. The third-order valence-electron chi connectivity index (χ3n) is 3.23. The molecule has 2 rings (SSSR count). The highest BCUT2D eigenvalue weighted by atomic mass is 32.2. The van der Waals surface area contributed by atoms with E-state index in [2.05, 4.69) is 10.2 Å². The van der Waals surface area contributed by atoms with Crippen LogP contribution < -0.4 is 4.74 Å². The van der Waals surface area contributed by atoms with Gasteiger partial charge in [0.25, 0.3) is 0 Å². The standard InChI is InChI=1S/C16H17N3O5S/c1-19(11-16(20)21)25(22,23)15-10-13(8-9-14(15)24-2)18-17-12-6-4-3-5-7-12/h3-10H,11H2,1-2H3,(H,20,21). The Labute approximate surface area is 145 Å². The molecule has 0 aliphatic carbocycles. The monoisotopic (exact) mass is 363 g/mol. The van der Waals surface area contributed by atoms with Crippen LogP contribution in [0, 0.1) is 0 Å². The minimum absolute atomic E-state index is 0.0934. The van der Waals surface area contributed by atoms with Crippen molar-refractivity contribution in [2.45, 2.75) is 4.90 Å². The van der Waals surface area contributed by atoms with Gasteiger partial charge in [0.05, 0.1) is 18.5 Å². The van der Waals surface area contributed by atoms with E-state index >= 15 is 0 Å². The molecule has 0 atom stereocenters. The van der Waals surface area contributed by atoms with Crippen LogP contribution >= 0.6 is 0 Å². The molecule has 25 heavy (non-hydrogen) atoms. The number of ether oxygens (including phenoxy) is 1. The van der Waals surface area contributed by atoms with Crippen molar-refractivity contribution in [2.24, 2.45) is 10.2 Å². The van der Waals surface area contributed by atoms with E-state index in [1.54, 1.807) is 30.3 Å². The maximum Gasteiger partial charge on any atom is 0.318 e. The summed E-state index contributed by atoms with van der Waals surface area (Å²) in [5.41, 5.74) is 0.915. The number of methoxy groups -OCH3 is 1. The van der Waals surface area contributed by atoms with Gasteiger partial charge >= 0.3 is 5.97 Å². The van der Waals surface area contributed by atoms with Crippen molar-refractivity contribution in [1.29, 1.82) is 0 Å². The quantitative estimate of drug-likeness (QED) is 0.761. The smallest absolute Gasteiger partial charge is 0.318 e. The highest BCUT2D eigenvalue weighted by Crippen LogP contribution is 2.31. The zero-order chi connectivity index (χ0) is 18.4. The highest BCUT2D eigenvalue weighted by molar-refractivity contribution is 7.89. The van der Waals surface area contributed by atoms with E-state index in [4.69, 9.17) is 9.84 Å². The van der Waals surface area contributed by atoms with E-state index in [1.165, 1.54) is 26.3 Å². The molecule has 0 bridgehead atoms. The van der Waals surface area contributed by atoms with E-state index in [0.717, 1.165) is 4.31 Å². The molecule has 2 aromatic carbocycles. The fourth-order valence-electron chi connectivity index (χ4n) is 1.98.